The first-order valence-electron chi connectivity index (χ1n) is 7.88. The van der Waals surface area contributed by atoms with Crippen molar-refractivity contribution < 1.29 is 16.8 Å². The smallest absolute Gasteiger partial charge is 0.263 e. The molecule has 0 spiro atoms. The lowest BCUT2D eigenvalue weighted by molar-refractivity contribution is 0.578. The van der Waals surface area contributed by atoms with Crippen molar-refractivity contribution in [2.45, 2.75) is 22.2 Å². The SMILES string of the molecule is Cl.Cl.O=S(=O)(NS(=O)(=O)c1cccs1)c1ccc(CNCc2ccccn2)cc1. The zero-order valence-electron chi connectivity index (χ0n) is 14.9. The van der Waals surface area contributed by atoms with Gasteiger partial charge in [0.05, 0.1) is 10.6 Å². The third kappa shape index (κ3) is 7.03. The van der Waals surface area contributed by atoms with Gasteiger partial charge in [-0.25, -0.2) is 16.8 Å². The maximum Gasteiger partial charge on any atom is 0.263 e. The van der Waals surface area contributed by atoms with E-state index >= 15 is 0 Å². The fraction of sp³-hybridized carbons (Fsp3) is 0.118. The van der Waals surface area contributed by atoms with E-state index in [4.69, 9.17) is 0 Å². The number of thiophene rings is 1. The summed E-state index contributed by atoms with van der Waals surface area (Å²) in [6.07, 6.45) is 1.72. The molecule has 0 aliphatic heterocycles. The summed E-state index contributed by atoms with van der Waals surface area (Å²) in [7, 11) is -8.30. The molecule has 0 radical (unpaired) electrons. The molecule has 0 aliphatic rings. The summed E-state index contributed by atoms with van der Waals surface area (Å²) in [5.74, 6) is 0. The minimum atomic E-state index is -4.19. The monoisotopic (exact) mass is 495 g/mol. The molecule has 0 atom stereocenters. The number of rotatable bonds is 8. The highest BCUT2D eigenvalue weighted by molar-refractivity contribution is 8.05. The minimum Gasteiger partial charge on any atom is -0.307 e. The van der Waals surface area contributed by atoms with E-state index in [0.29, 0.717) is 13.1 Å². The molecule has 0 amide bonds. The van der Waals surface area contributed by atoms with Crippen LogP contribution in [0.15, 0.2) is 75.3 Å². The van der Waals surface area contributed by atoms with Crippen LogP contribution in [0.5, 0.6) is 0 Å². The molecule has 2 N–H and O–H groups in total. The van der Waals surface area contributed by atoms with Gasteiger partial charge < -0.3 is 5.32 Å². The van der Waals surface area contributed by atoms with Crippen molar-refractivity contribution in [3.63, 3.8) is 0 Å². The van der Waals surface area contributed by atoms with Gasteiger partial charge in [-0.2, -0.15) is 0 Å². The van der Waals surface area contributed by atoms with Crippen LogP contribution in [0, 0.1) is 0 Å². The van der Waals surface area contributed by atoms with Crippen molar-refractivity contribution in [3.05, 3.63) is 77.4 Å². The highest BCUT2D eigenvalue weighted by atomic mass is 35.5. The molecule has 29 heavy (non-hydrogen) atoms. The number of pyridine rings is 1. The molecule has 0 saturated carbocycles. The van der Waals surface area contributed by atoms with Gasteiger partial charge in [0, 0.05) is 19.3 Å². The summed E-state index contributed by atoms with van der Waals surface area (Å²) in [5.41, 5.74) is 1.77. The summed E-state index contributed by atoms with van der Waals surface area (Å²) >= 11 is 0.947. The Morgan fingerprint density at radius 1 is 0.828 bits per heavy atom. The second-order valence-electron chi connectivity index (χ2n) is 5.59. The summed E-state index contributed by atoms with van der Waals surface area (Å²) in [6, 6.07) is 14.6. The van der Waals surface area contributed by atoms with E-state index in [0.717, 1.165) is 22.6 Å². The molecule has 2 aromatic heterocycles. The number of hydrogen-bond acceptors (Lipinski definition) is 7. The van der Waals surface area contributed by atoms with Gasteiger partial charge in [0.1, 0.15) is 4.21 Å². The van der Waals surface area contributed by atoms with Crippen molar-refractivity contribution in [1.82, 2.24) is 14.4 Å². The Balaban J connectivity index is 0.00000210. The van der Waals surface area contributed by atoms with Crippen LogP contribution in [0.2, 0.25) is 0 Å². The average Bonchev–Trinajstić information content (AvgIpc) is 3.18. The second kappa shape index (κ2) is 11.0. The first-order chi connectivity index (χ1) is 12.9. The van der Waals surface area contributed by atoms with Crippen molar-refractivity contribution in [2.75, 3.05) is 0 Å². The van der Waals surface area contributed by atoms with Crippen LogP contribution in [0.1, 0.15) is 11.3 Å². The van der Waals surface area contributed by atoms with Crippen LogP contribution in [-0.4, -0.2) is 21.8 Å². The highest BCUT2D eigenvalue weighted by Gasteiger charge is 2.25. The van der Waals surface area contributed by atoms with Gasteiger partial charge in [0.2, 0.25) is 0 Å². The topological polar surface area (TPSA) is 105 Å². The highest BCUT2D eigenvalue weighted by Crippen LogP contribution is 2.18. The first-order valence-corrected chi connectivity index (χ1v) is 11.7. The van der Waals surface area contributed by atoms with Gasteiger partial charge in [-0.05, 0) is 41.3 Å². The Morgan fingerprint density at radius 3 is 2.14 bits per heavy atom. The van der Waals surface area contributed by atoms with Crippen LogP contribution in [0.25, 0.3) is 0 Å². The number of nitrogens with one attached hydrogen (secondary N) is 2. The summed E-state index contributed by atoms with van der Waals surface area (Å²) < 4.78 is 50.7. The Kier molecular flexibility index (Phi) is 9.69. The van der Waals surface area contributed by atoms with Crippen molar-refractivity contribution >= 4 is 56.2 Å². The standard InChI is InChI=1S/C17H17N3O4S3.2ClH/c21-26(22,20-27(23,24)17-5-3-11-25-17)16-8-6-14(7-9-16)12-18-13-15-4-1-2-10-19-15;;/h1-11,18,20H,12-13H2;2*1H. The van der Waals surface area contributed by atoms with Gasteiger partial charge in [-0.15, -0.1) is 36.2 Å². The van der Waals surface area contributed by atoms with E-state index in [9.17, 15) is 16.8 Å². The summed E-state index contributed by atoms with van der Waals surface area (Å²) in [5, 5.41) is 4.77. The van der Waals surface area contributed by atoms with E-state index in [-0.39, 0.29) is 33.9 Å². The van der Waals surface area contributed by atoms with E-state index in [1.807, 2.05) is 18.2 Å². The van der Waals surface area contributed by atoms with Crippen LogP contribution >= 0.6 is 36.2 Å². The lowest BCUT2D eigenvalue weighted by Crippen LogP contribution is -2.30. The summed E-state index contributed by atoms with van der Waals surface area (Å²) in [6.45, 7) is 1.11. The summed E-state index contributed by atoms with van der Waals surface area (Å²) in [4.78, 5) is 4.09. The zero-order valence-corrected chi connectivity index (χ0v) is 19.0. The average molecular weight is 496 g/mol. The number of sulfonamides is 2. The molecule has 0 saturated heterocycles. The second-order valence-corrected chi connectivity index (χ2v) is 10.4. The zero-order chi connectivity index (χ0) is 19.3. The van der Waals surface area contributed by atoms with Crippen LogP contribution < -0.4 is 9.44 Å². The normalized spacial score (nSPS) is 11.3. The molecule has 7 nitrogen and oxygen atoms in total. The van der Waals surface area contributed by atoms with Crippen LogP contribution in [-0.2, 0) is 33.1 Å². The maximum atomic E-state index is 12.3. The maximum absolute atomic E-state index is 12.3. The van der Waals surface area contributed by atoms with Crippen molar-refractivity contribution in [2.24, 2.45) is 0 Å². The number of benzene rings is 1. The Bertz CT molecular complexity index is 1090. The van der Waals surface area contributed by atoms with Gasteiger partial charge in [-0.1, -0.05) is 28.4 Å². The van der Waals surface area contributed by atoms with E-state index in [1.54, 1.807) is 33.9 Å². The van der Waals surface area contributed by atoms with Gasteiger partial charge in [-0.3, -0.25) is 4.98 Å². The molecular formula is C17H19Cl2N3O4S3. The Morgan fingerprint density at radius 2 is 1.55 bits per heavy atom. The molecule has 12 heteroatoms. The minimum absolute atomic E-state index is 0. The Labute approximate surface area is 186 Å². The van der Waals surface area contributed by atoms with Gasteiger partial charge in [0.15, 0.2) is 0 Å². The first kappa shape index (κ1) is 25.5. The fourth-order valence-electron chi connectivity index (χ4n) is 2.27. The van der Waals surface area contributed by atoms with E-state index in [1.165, 1.54) is 18.2 Å². The predicted molar refractivity (Wildman–Crippen MR) is 118 cm³/mol. The number of nitrogens with zero attached hydrogens (tertiary/aromatic N) is 1. The number of hydrogen-bond donors (Lipinski definition) is 2. The number of aromatic nitrogens is 1. The molecule has 3 aromatic rings. The third-order valence-corrected chi connectivity index (χ3v) is 8.50. The molecule has 1 aromatic carbocycles. The van der Waals surface area contributed by atoms with E-state index < -0.39 is 20.0 Å². The molecule has 2 heterocycles. The van der Waals surface area contributed by atoms with Gasteiger partial charge in [0.25, 0.3) is 20.0 Å². The lowest BCUT2D eigenvalue weighted by atomic mass is 10.2. The van der Waals surface area contributed by atoms with E-state index in [2.05, 4.69) is 10.3 Å². The van der Waals surface area contributed by atoms with Crippen LogP contribution in [0.3, 0.4) is 0 Å². The molecule has 0 aliphatic carbocycles. The lowest BCUT2D eigenvalue weighted by Gasteiger charge is -2.08. The fourth-order valence-corrected chi connectivity index (χ4v) is 6.32. The number of halogens is 2. The predicted octanol–water partition coefficient (Wildman–Crippen LogP) is 2.94. The molecule has 0 bridgehead atoms. The third-order valence-electron chi connectivity index (χ3n) is 3.57. The van der Waals surface area contributed by atoms with Crippen LogP contribution in [0.4, 0.5) is 0 Å². The molecule has 0 unspecified atom stereocenters. The van der Waals surface area contributed by atoms with Gasteiger partial charge >= 0.3 is 0 Å². The largest absolute Gasteiger partial charge is 0.307 e. The quantitative estimate of drug-likeness (QED) is 0.497. The Hall–Kier alpha value is -1.53. The molecule has 158 valence electrons. The molecular weight excluding hydrogens is 477 g/mol. The molecule has 0 fully saturated rings. The van der Waals surface area contributed by atoms with Crippen molar-refractivity contribution in [3.8, 4) is 0 Å². The molecule has 3 rings (SSSR count). The van der Waals surface area contributed by atoms with Crippen molar-refractivity contribution in [1.29, 1.82) is 0 Å².